The third-order valence-electron chi connectivity index (χ3n) is 8.00. The first-order valence-electron chi connectivity index (χ1n) is 15.3. The standard InChI is InChI=1S/C34H41N5O4/c1-34(2,3)43-33(40)35-26-12-13-30-29(20-26)36-31(39(30)21-27-16-19-41-27)22-38-17-14-25(15-18-38)28-10-7-11-32(37-28)42-23-24-8-5-4-6-9-24/h4-13,20,25,27H,14-19,21-23H2,1-3H3,(H,35,40)/t27-/m0/s1. The molecule has 6 rings (SSSR count). The Bertz CT molecular complexity index is 1540. The highest BCUT2D eigenvalue weighted by Crippen LogP contribution is 2.30. The monoisotopic (exact) mass is 583 g/mol. The van der Waals surface area contributed by atoms with Gasteiger partial charge in [0.05, 0.1) is 30.2 Å². The number of ether oxygens (including phenoxy) is 3. The molecule has 1 atom stereocenters. The van der Waals surface area contributed by atoms with Crippen LogP contribution in [0, 0.1) is 0 Å². The molecule has 0 unspecified atom stereocenters. The normalized spacial score (nSPS) is 17.9. The van der Waals surface area contributed by atoms with Crippen molar-refractivity contribution in [2.24, 2.45) is 0 Å². The maximum Gasteiger partial charge on any atom is 0.412 e. The smallest absolute Gasteiger partial charge is 0.412 e. The van der Waals surface area contributed by atoms with Gasteiger partial charge in [-0.3, -0.25) is 10.2 Å². The number of pyridine rings is 1. The predicted molar refractivity (Wildman–Crippen MR) is 166 cm³/mol. The summed E-state index contributed by atoms with van der Waals surface area (Å²) in [6.07, 6.45) is 2.86. The fourth-order valence-corrected chi connectivity index (χ4v) is 5.69. The van der Waals surface area contributed by atoms with Gasteiger partial charge in [-0.25, -0.2) is 14.8 Å². The summed E-state index contributed by atoms with van der Waals surface area (Å²) in [6, 6.07) is 22.1. The molecule has 0 spiro atoms. The van der Waals surface area contributed by atoms with E-state index in [1.165, 1.54) is 0 Å². The number of imidazole rings is 1. The van der Waals surface area contributed by atoms with Gasteiger partial charge >= 0.3 is 6.09 Å². The first-order chi connectivity index (χ1) is 20.8. The second kappa shape index (κ2) is 12.7. The molecular weight excluding hydrogens is 542 g/mol. The Hall–Kier alpha value is -3.95. The summed E-state index contributed by atoms with van der Waals surface area (Å²) in [6.45, 7) is 10.4. The minimum absolute atomic E-state index is 0.212. The molecule has 0 bridgehead atoms. The van der Waals surface area contributed by atoms with Crippen molar-refractivity contribution in [2.75, 3.05) is 25.0 Å². The van der Waals surface area contributed by atoms with Crippen LogP contribution in [-0.2, 0) is 29.2 Å². The van der Waals surface area contributed by atoms with Gasteiger partial charge < -0.3 is 18.8 Å². The maximum absolute atomic E-state index is 12.3. The van der Waals surface area contributed by atoms with E-state index in [0.717, 1.165) is 80.2 Å². The molecule has 9 nitrogen and oxygen atoms in total. The summed E-state index contributed by atoms with van der Waals surface area (Å²) in [5.41, 5.74) is 4.24. The van der Waals surface area contributed by atoms with Crippen molar-refractivity contribution in [2.45, 2.75) is 77.4 Å². The quantitative estimate of drug-likeness (QED) is 0.240. The Morgan fingerprint density at radius 2 is 1.79 bits per heavy atom. The van der Waals surface area contributed by atoms with Crippen LogP contribution >= 0.6 is 0 Å². The number of hydrogen-bond donors (Lipinski definition) is 1. The van der Waals surface area contributed by atoms with Crippen molar-refractivity contribution in [3.63, 3.8) is 0 Å². The number of nitrogens with one attached hydrogen (secondary N) is 1. The second-order valence-electron chi connectivity index (χ2n) is 12.5. The zero-order valence-electron chi connectivity index (χ0n) is 25.3. The summed E-state index contributed by atoms with van der Waals surface area (Å²) in [4.78, 5) is 24.7. The molecule has 0 radical (unpaired) electrons. The highest BCUT2D eigenvalue weighted by Gasteiger charge is 2.26. The number of nitrogens with zero attached hydrogens (tertiary/aromatic N) is 4. The molecular formula is C34H41N5O4. The number of rotatable bonds is 9. The number of benzene rings is 2. The molecule has 43 heavy (non-hydrogen) atoms. The van der Waals surface area contributed by atoms with E-state index in [0.29, 0.717) is 24.1 Å². The predicted octanol–water partition coefficient (Wildman–Crippen LogP) is 6.53. The lowest BCUT2D eigenvalue weighted by atomic mass is 9.93. The number of anilines is 1. The van der Waals surface area contributed by atoms with Gasteiger partial charge in [0, 0.05) is 30.0 Å². The first kappa shape index (κ1) is 29.1. The highest BCUT2D eigenvalue weighted by atomic mass is 16.6. The molecule has 0 aliphatic carbocycles. The van der Waals surface area contributed by atoms with Crippen molar-refractivity contribution < 1.29 is 19.0 Å². The Morgan fingerprint density at radius 3 is 2.51 bits per heavy atom. The number of piperidine rings is 1. The molecule has 226 valence electrons. The lowest BCUT2D eigenvalue weighted by Crippen LogP contribution is -2.35. The molecule has 1 N–H and O–H groups in total. The van der Waals surface area contributed by atoms with E-state index in [9.17, 15) is 4.79 Å². The van der Waals surface area contributed by atoms with Crippen LogP contribution in [0.25, 0.3) is 11.0 Å². The molecule has 2 aliphatic heterocycles. The summed E-state index contributed by atoms with van der Waals surface area (Å²) in [7, 11) is 0. The van der Waals surface area contributed by atoms with Gasteiger partial charge in [-0.15, -0.1) is 0 Å². The minimum atomic E-state index is -0.561. The SMILES string of the molecule is CC(C)(C)OC(=O)Nc1ccc2c(c1)nc(CN1CCC(c3cccc(OCc4ccccc4)n3)CC1)n2C[C@@H]1CCO1. The lowest BCUT2D eigenvalue weighted by molar-refractivity contribution is -0.0592. The summed E-state index contributed by atoms with van der Waals surface area (Å²) >= 11 is 0. The fourth-order valence-electron chi connectivity index (χ4n) is 5.69. The van der Waals surface area contributed by atoms with Crippen LogP contribution < -0.4 is 10.1 Å². The van der Waals surface area contributed by atoms with Crippen LogP contribution in [0.2, 0.25) is 0 Å². The Morgan fingerprint density at radius 1 is 1.00 bits per heavy atom. The molecule has 2 aromatic heterocycles. The van der Waals surface area contributed by atoms with E-state index in [4.69, 9.17) is 24.2 Å². The molecule has 4 aromatic rings. The van der Waals surface area contributed by atoms with E-state index in [2.05, 4.69) is 33.0 Å². The third kappa shape index (κ3) is 7.53. The number of hydrogen-bond acceptors (Lipinski definition) is 7. The van der Waals surface area contributed by atoms with Crippen LogP contribution in [-0.4, -0.2) is 56.9 Å². The average molecular weight is 584 g/mol. The Kier molecular flexibility index (Phi) is 8.63. The zero-order chi connectivity index (χ0) is 29.8. The maximum atomic E-state index is 12.3. The van der Waals surface area contributed by atoms with Crippen molar-refractivity contribution in [1.82, 2.24) is 19.4 Å². The van der Waals surface area contributed by atoms with E-state index >= 15 is 0 Å². The van der Waals surface area contributed by atoms with Crippen LogP contribution in [0.1, 0.15) is 63.0 Å². The highest BCUT2D eigenvalue weighted by molar-refractivity contribution is 5.89. The van der Waals surface area contributed by atoms with Crippen molar-refractivity contribution in [1.29, 1.82) is 0 Å². The summed E-state index contributed by atoms with van der Waals surface area (Å²) in [5.74, 6) is 2.10. The van der Waals surface area contributed by atoms with Gasteiger partial charge in [0.25, 0.3) is 0 Å². The van der Waals surface area contributed by atoms with Crippen LogP contribution in [0.3, 0.4) is 0 Å². The lowest BCUT2D eigenvalue weighted by Gasteiger charge is -2.32. The molecule has 2 saturated heterocycles. The van der Waals surface area contributed by atoms with Crippen LogP contribution in [0.15, 0.2) is 66.7 Å². The minimum Gasteiger partial charge on any atom is -0.473 e. The molecule has 0 saturated carbocycles. The van der Waals surface area contributed by atoms with Gasteiger partial charge in [-0.2, -0.15) is 0 Å². The first-order valence-corrected chi connectivity index (χ1v) is 15.3. The Balaban J connectivity index is 1.11. The number of aromatic nitrogens is 3. The topological polar surface area (TPSA) is 90.7 Å². The number of amides is 1. The number of carbonyl (C=O) groups is 1. The fraction of sp³-hybridized carbons (Fsp3) is 0.441. The van der Waals surface area contributed by atoms with Gasteiger partial charge in [0.15, 0.2) is 0 Å². The van der Waals surface area contributed by atoms with Gasteiger partial charge in [-0.1, -0.05) is 36.4 Å². The van der Waals surface area contributed by atoms with Gasteiger partial charge in [0.1, 0.15) is 18.0 Å². The van der Waals surface area contributed by atoms with E-state index < -0.39 is 11.7 Å². The number of likely N-dealkylation sites (tertiary alicyclic amines) is 1. The van der Waals surface area contributed by atoms with Crippen molar-refractivity contribution in [3.05, 3.63) is 83.8 Å². The van der Waals surface area contributed by atoms with Gasteiger partial charge in [0.2, 0.25) is 5.88 Å². The van der Waals surface area contributed by atoms with E-state index in [1.807, 2.05) is 69.3 Å². The number of carbonyl (C=O) groups excluding carboxylic acids is 1. The molecule has 2 fully saturated rings. The van der Waals surface area contributed by atoms with E-state index in [1.54, 1.807) is 0 Å². The molecule has 9 heteroatoms. The molecule has 1 amide bonds. The summed E-state index contributed by atoms with van der Waals surface area (Å²) in [5, 5.41) is 2.84. The second-order valence-corrected chi connectivity index (χ2v) is 12.5. The third-order valence-corrected chi connectivity index (χ3v) is 8.00. The van der Waals surface area contributed by atoms with E-state index in [-0.39, 0.29) is 6.10 Å². The zero-order valence-corrected chi connectivity index (χ0v) is 25.3. The van der Waals surface area contributed by atoms with Crippen LogP contribution in [0.5, 0.6) is 5.88 Å². The largest absolute Gasteiger partial charge is 0.473 e. The van der Waals surface area contributed by atoms with Crippen LogP contribution in [0.4, 0.5) is 10.5 Å². The van der Waals surface area contributed by atoms with Crippen molar-refractivity contribution in [3.8, 4) is 5.88 Å². The summed E-state index contributed by atoms with van der Waals surface area (Å²) < 4.78 is 19.5. The molecule has 2 aromatic carbocycles. The Labute approximate surface area is 253 Å². The number of fused-ring (bicyclic) bond motifs is 1. The molecule has 2 aliphatic rings. The van der Waals surface area contributed by atoms with Crippen molar-refractivity contribution >= 4 is 22.8 Å². The van der Waals surface area contributed by atoms with Gasteiger partial charge in [-0.05, 0) is 83.0 Å². The molecule has 4 heterocycles. The average Bonchev–Trinajstić information content (AvgIpc) is 3.29.